The Morgan fingerprint density at radius 2 is 1.86 bits per heavy atom. The van der Waals surface area contributed by atoms with Crippen LogP contribution in [0.4, 0.5) is 5.69 Å². The monoisotopic (exact) mass is 430 g/mol. The highest BCUT2D eigenvalue weighted by atomic mass is 35.5. The first-order valence-electron chi connectivity index (χ1n) is 8.76. The van der Waals surface area contributed by atoms with E-state index in [2.05, 4.69) is 26.2 Å². The summed E-state index contributed by atoms with van der Waals surface area (Å²) < 4.78 is 1.51. The molecule has 0 aliphatic carbocycles. The van der Waals surface area contributed by atoms with E-state index in [1.807, 2.05) is 6.26 Å². The molecule has 10 heteroatoms. The minimum absolute atomic E-state index is 0.281. The zero-order valence-electron chi connectivity index (χ0n) is 15.6. The van der Waals surface area contributed by atoms with E-state index in [-0.39, 0.29) is 11.8 Å². The van der Waals surface area contributed by atoms with Crippen LogP contribution >= 0.6 is 23.4 Å². The van der Waals surface area contributed by atoms with Gasteiger partial charge in [-0.15, -0.1) is 5.10 Å². The molecule has 2 N–H and O–H groups in total. The molecule has 0 saturated carbocycles. The molecule has 0 aliphatic heterocycles. The zero-order chi connectivity index (χ0) is 20.6. The maximum atomic E-state index is 12.8. The highest BCUT2D eigenvalue weighted by Gasteiger charge is 2.21. The molecule has 0 unspecified atom stereocenters. The molecule has 150 valence electrons. The Kier molecular flexibility index (Phi) is 7.20. The van der Waals surface area contributed by atoms with Gasteiger partial charge in [0.15, 0.2) is 0 Å². The molecule has 0 spiro atoms. The second-order valence-electron chi connectivity index (χ2n) is 6.10. The normalized spacial score (nSPS) is 11.7. The Morgan fingerprint density at radius 3 is 2.48 bits per heavy atom. The van der Waals surface area contributed by atoms with Crippen molar-refractivity contribution in [3.63, 3.8) is 0 Å². The van der Waals surface area contributed by atoms with Gasteiger partial charge in [-0.05, 0) is 77.4 Å². The standard InChI is InChI=1S/C19H19ClN6O2S/c1-29-11-10-17(23-18(27)13-2-4-14(20)5-3-13)19(28)22-15-6-8-16(9-7-15)26-12-21-24-25-26/h2-9,12,17H,10-11H2,1H3,(H,22,28)(H,23,27)/t17-/m1/s1. The molecular formula is C19H19ClN6O2S. The predicted octanol–water partition coefficient (Wildman–Crippen LogP) is 2.81. The minimum atomic E-state index is -0.662. The van der Waals surface area contributed by atoms with Gasteiger partial charge in [-0.2, -0.15) is 11.8 Å². The van der Waals surface area contributed by atoms with Crippen LogP contribution in [0.5, 0.6) is 0 Å². The number of hydrogen-bond donors (Lipinski definition) is 2. The third-order valence-corrected chi connectivity index (χ3v) is 4.98. The molecule has 3 rings (SSSR count). The molecule has 3 aromatic rings. The molecule has 1 aromatic heterocycles. The molecule has 1 heterocycles. The van der Waals surface area contributed by atoms with Gasteiger partial charge in [0.05, 0.1) is 5.69 Å². The van der Waals surface area contributed by atoms with E-state index in [0.717, 1.165) is 11.4 Å². The fourth-order valence-electron chi connectivity index (χ4n) is 2.55. The molecular weight excluding hydrogens is 412 g/mol. The van der Waals surface area contributed by atoms with E-state index in [9.17, 15) is 9.59 Å². The molecule has 8 nitrogen and oxygen atoms in total. The van der Waals surface area contributed by atoms with Crippen LogP contribution in [0.25, 0.3) is 5.69 Å². The lowest BCUT2D eigenvalue weighted by Crippen LogP contribution is -2.44. The van der Waals surface area contributed by atoms with Crippen LogP contribution in [0.15, 0.2) is 54.9 Å². The lowest BCUT2D eigenvalue weighted by atomic mass is 10.1. The van der Waals surface area contributed by atoms with Crippen LogP contribution in [0.1, 0.15) is 16.8 Å². The van der Waals surface area contributed by atoms with E-state index in [1.54, 1.807) is 60.3 Å². The molecule has 29 heavy (non-hydrogen) atoms. The number of amides is 2. The van der Waals surface area contributed by atoms with Gasteiger partial charge in [-0.3, -0.25) is 9.59 Å². The van der Waals surface area contributed by atoms with Crippen molar-refractivity contribution >= 4 is 40.9 Å². The van der Waals surface area contributed by atoms with Crippen LogP contribution in [0.2, 0.25) is 5.02 Å². The SMILES string of the molecule is CSCC[C@@H](NC(=O)c1ccc(Cl)cc1)C(=O)Nc1ccc(-n2cnnn2)cc1. The van der Waals surface area contributed by atoms with Crippen molar-refractivity contribution in [2.75, 3.05) is 17.3 Å². The number of carbonyl (C=O) groups excluding carboxylic acids is 2. The highest BCUT2D eigenvalue weighted by molar-refractivity contribution is 7.98. The number of anilines is 1. The van der Waals surface area contributed by atoms with Crippen LogP contribution in [0, 0.1) is 0 Å². The summed E-state index contributed by atoms with van der Waals surface area (Å²) in [6, 6.07) is 12.9. The van der Waals surface area contributed by atoms with Gasteiger partial charge in [-0.25, -0.2) is 4.68 Å². The number of halogens is 1. The average molecular weight is 431 g/mol. The Bertz CT molecular complexity index is 948. The van der Waals surface area contributed by atoms with E-state index in [4.69, 9.17) is 11.6 Å². The Labute approximate surface area is 177 Å². The topological polar surface area (TPSA) is 102 Å². The van der Waals surface area contributed by atoms with E-state index >= 15 is 0 Å². The Balaban J connectivity index is 1.66. The fourth-order valence-corrected chi connectivity index (χ4v) is 3.15. The van der Waals surface area contributed by atoms with E-state index in [0.29, 0.717) is 22.7 Å². The summed E-state index contributed by atoms with van der Waals surface area (Å²) in [6.07, 6.45) is 3.95. The number of nitrogens with one attached hydrogen (secondary N) is 2. The Hall–Kier alpha value is -2.91. The van der Waals surface area contributed by atoms with Crippen LogP contribution < -0.4 is 10.6 Å². The van der Waals surface area contributed by atoms with Gasteiger partial charge in [0.1, 0.15) is 12.4 Å². The third kappa shape index (κ3) is 5.78. The first kappa shape index (κ1) is 20.8. The summed E-state index contributed by atoms with van der Waals surface area (Å²) in [7, 11) is 0. The van der Waals surface area contributed by atoms with Gasteiger partial charge in [0, 0.05) is 16.3 Å². The lowest BCUT2D eigenvalue weighted by Gasteiger charge is -2.18. The summed E-state index contributed by atoms with van der Waals surface area (Å²) in [5.41, 5.74) is 1.83. The predicted molar refractivity (Wildman–Crippen MR) is 113 cm³/mol. The molecule has 2 amide bonds. The minimum Gasteiger partial charge on any atom is -0.340 e. The van der Waals surface area contributed by atoms with Gasteiger partial charge < -0.3 is 10.6 Å². The van der Waals surface area contributed by atoms with Crippen LogP contribution in [0.3, 0.4) is 0 Å². The number of hydrogen-bond acceptors (Lipinski definition) is 6. The molecule has 0 fully saturated rings. The highest BCUT2D eigenvalue weighted by Crippen LogP contribution is 2.14. The summed E-state index contributed by atoms with van der Waals surface area (Å²) in [5.74, 6) is 0.130. The Morgan fingerprint density at radius 1 is 1.14 bits per heavy atom. The van der Waals surface area contributed by atoms with Crippen molar-refractivity contribution < 1.29 is 9.59 Å². The van der Waals surface area contributed by atoms with Crippen molar-refractivity contribution in [2.45, 2.75) is 12.5 Å². The van der Waals surface area contributed by atoms with E-state index in [1.165, 1.54) is 11.0 Å². The first-order valence-corrected chi connectivity index (χ1v) is 10.5. The first-order chi connectivity index (χ1) is 14.1. The maximum absolute atomic E-state index is 12.8. The number of benzene rings is 2. The molecule has 1 atom stereocenters. The summed E-state index contributed by atoms with van der Waals surface area (Å²) in [4.78, 5) is 25.3. The molecule has 0 bridgehead atoms. The van der Waals surface area contributed by atoms with Crippen molar-refractivity contribution in [3.8, 4) is 5.69 Å². The van der Waals surface area contributed by atoms with Gasteiger partial charge in [0.25, 0.3) is 5.91 Å². The van der Waals surface area contributed by atoms with Crippen LogP contribution in [-0.4, -0.2) is 50.1 Å². The lowest BCUT2D eigenvalue weighted by molar-refractivity contribution is -0.118. The van der Waals surface area contributed by atoms with Gasteiger partial charge in [-0.1, -0.05) is 11.6 Å². The number of nitrogens with zero attached hydrogens (tertiary/aromatic N) is 4. The largest absolute Gasteiger partial charge is 0.340 e. The summed E-state index contributed by atoms with van der Waals surface area (Å²) in [6.45, 7) is 0. The molecule has 0 radical (unpaired) electrons. The van der Waals surface area contributed by atoms with Crippen molar-refractivity contribution in [2.24, 2.45) is 0 Å². The maximum Gasteiger partial charge on any atom is 0.251 e. The van der Waals surface area contributed by atoms with Crippen molar-refractivity contribution in [1.29, 1.82) is 0 Å². The number of aromatic nitrogens is 4. The van der Waals surface area contributed by atoms with E-state index < -0.39 is 6.04 Å². The fraction of sp³-hybridized carbons (Fsp3) is 0.211. The molecule has 2 aromatic carbocycles. The third-order valence-electron chi connectivity index (χ3n) is 4.09. The average Bonchev–Trinajstić information content (AvgIpc) is 3.27. The van der Waals surface area contributed by atoms with Gasteiger partial charge >= 0.3 is 0 Å². The van der Waals surface area contributed by atoms with Crippen molar-refractivity contribution in [3.05, 3.63) is 65.4 Å². The van der Waals surface area contributed by atoms with Crippen molar-refractivity contribution in [1.82, 2.24) is 25.5 Å². The van der Waals surface area contributed by atoms with Crippen LogP contribution in [-0.2, 0) is 4.79 Å². The molecule has 0 aliphatic rings. The smallest absolute Gasteiger partial charge is 0.251 e. The second kappa shape index (κ2) is 10.0. The quantitative estimate of drug-likeness (QED) is 0.569. The number of rotatable bonds is 8. The number of carbonyl (C=O) groups is 2. The summed E-state index contributed by atoms with van der Waals surface area (Å²) >= 11 is 7.47. The second-order valence-corrected chi connectivity index (χ2v) is 7.53. The number of thioether (sulfide) groups is 1. The zero-order valence-corrected chi connectivity index (χ0v) is 17.2. The summed E-state index contributed by atoms with van der Waals surface area (Å²) in [5, 5.41) is 17.2. The molecule has 0 saturated heterocycles. The van der Waals surface area contributed by atoms with Gasteiger partial charge in [0.2, 0.25) is 5.91 Å². The number of tetrazole rings is 1.